The molecule has 0 spiro atoms. The third kappa shape index (κ3) is 10.7. The Morgan fingerprint density at radius 2 is 1.59 bits per heavy atom. The summed E-state index contributed by atoms with van der Waals surface area (Å²) in [6.07, 6.45) is -3.04. The number of carbonyl (C=O) groups excluding carboxylic acids is 1. The van der Waals surface area contributed by atoms with E-state index in [1.54, 1.807) is 4.72 Å². The van der Waals surface area contributed by atoms with Crippen molar-refractivity contribution < 1.29 is 53.2 Å². The monoisotopic (exact) mass is 824 g/mol. The van der Waals surface area contributed by atoms with Crippen LogP contribution in [0.3, 0.4) is 0 Å². The molecule has 276 valence electrons. The maximum absolute atomic E-state index is 12.8. The fourth-order valence-electron chi connectivity index (χ4n) is 3.87. The van der Waals surface area contributed by atoms with Gasteiger partial charge in [0, 0.05) is 12.1 Å². The number of nitrogens with zero attached hydrogens (tertiary/aromatic N) is 4. The number of anilines is 1. The van der Waals surface area contributed by atoms with E-state index < -0.39 is 71.1 Å². The minimum Gasteiger partial charge on any atom is -0.456 e. The molecular weight excluding hydrogens is 806 g/mol. The number of aromatic nitrogens is 3. The second-order valence-corrected chi connectivity index (χ2v) is 14.6. The molecule has 0 aliphatic heterocycles. The SMILES string of the molecule is CS(=O)(=O)NC(=O)c1cc(Oc2ccc(C(F)(F)F)cc2Cl)ccc1[N+](=O)[O-].Cc1nn(-c2cc(NS(C)(=O)=O)c(Cl)cc2Cl)c(=O)n1C(F)F. The van der Waals surface area contributed by atoms with Gasteiger partial charge in [-0.2, -0.15) is 26.6 Å². The number of sulfonamides is 2. The highest BCUT2D eigenvalue weighted by atomic mass is 35.5. The summed E-state index contributed by atoms with van der Waals surface area (Å²) < 4.78 is 119. The van der Waals surface area contributed by atoms with Gasteiger partial charge >= 0.3 is 18.4 Å². The first kappa shape index (κ1) is 40.9. The molecule has 25 heteroatoms. The van der Waals surface area contributed by atoms with Crippen molar-refractivity contribution in [3.05, 3.63) is 101 Å². The minimum absolute atomic E-state index is 0.0257. The number of halogens is 8. The van der Waals surface area contributed by atoms with Gasteiger partial charge in [-0.3, -0.25) is 19.6 Å². The zero-order valence-electron chi connectivity index (χ0n) is 25.5. The normalized spacial score (nSPS) is 11.8. The average Bonchev–Trinajstić information content (AvgIpc) is 3.27. The number of carbonyl (C=O) groups is 1. The molecule has 4 aromatic rings. The predicted octanol–water partition coefficient (Wildman–Crippen LogP) is 6.16. The topological polar surface area (TPSA) is 202 Å². The Morgan fingerprint density at radius 1 is 0.961 bits per heavy atom. The molecule has 0 bridgehead atoms. The summed E-state index contributed by atoms with van der Waals surface area (Å²) in [5, 5.41) is 14.3. The largest absolute Gasteiger partial charge is 0.456 e. The third-order valence-corrected chi connectivity index (χ3v) is 7.97. The number of aryl methyl sites for hydroxylation is 1. The molecule has 4 rings (SSSR count). The summed E-state index contributed by atoms with van der Waals surface area (Å²) in [7, 11) is -7.65. The Morgan fingerprint density at radius 3 is 2.08 bits per heavy atom. The van der Waals surface area contributed by atoms with Crippen LogP contribution in [0.2, 0.25) is 15.1 Å². The van der Waals surface area contributed by atoms with Crippen molar-refractivity contribution in [1.82, 2.24) is 19.1 Å². The molecule has 15 nitrogen and oxygen atoms in total. The number of nitrogens with one attached hydrogen (secondary N) is 2. The molecule has 0 saturated carbocycles. The molecule has 0 radical (unpaired) electrons. The van der Waals surface area contributed by atoms with Crippen LogP contribution in [0.15, 0.2) is 53.3 Å². The molecule has 0 aliphatic carbocycles. The summed E-state index contributed by atoms with van der Waals surface area (Å²) in [5.74, 6) is -1.91. The van der Waals surface area contributed by atoms with E-state index in [-0.39, 0.29) is 43.3 Å². The molecule has 51 heavy (non-hydrogen) atoms. The minimum atomic E-state index is -4.62. The second kappa shape index (κ2) is 15.4. The van der Waals surface area contributed by atoms with Crippen LogP contribution in [0.5, 0.6) is 11.5 Å². The van der Waals surface area contributed by atoms with Crippen molar-refractivity contribution in [3.8, 4) is 17.2 Å². The lowest BCUT2D eigenvalue weighted by Gasteiger charge is -2.12. The Hall–Kier alpha value is -4.51. The van der Waals surface area contributed by atoms with E-state index in [2.05, 4.69) is 9.82 Å². The lowest BCUT2D eigenvalue weighted by atomic mass is 10.1. The van der Waals surface area contributed by atoms with E-state index >= 15 is 0 Å². The summed E-state index contributed by atoms with van der Waals surface area (Å²) in [6.45, 7) is -1.85. The number of nitro benzene ring substituents is 1. The summed E-state index contributed by atoms with van der Waals surface area (Å²) in [6, 6.07) is 7.40. The smallest absolute Gasteiger partial charge is 0.416 e. The van der Waals surface area contributed by atoms with Crippen molar-refractivity contribution in [2.24, 2.45) is 0 Å². The first-order valence-electron chi connectivity index (χ1n) is 13.1. The van der Waals surface area contributed by atoms with Gasteiger partial charge in [-0.05, 0) is 43.3 Å². The standard InChI is InChI=1S/C15H10ClF3N2O6S.C11H10Cl2F2N4O3S/c1-28(25,26)20-14(22)10-7-9(3-4-12(10)21(23)24)27-13-5-2-8(6-11(13)16)15(17,18)19;1-5-16-19(11(20)18(5)10(14)15)9-4-8(17-23(2,21)22)6(12)3-7(9)13/h2-7H,1H3,(H,20,22);3-4,10,17H,1-2H3. The lowest BCUT2D eigenvalue weighted by Crippen LogP contribution is -2.29. The highest BCUT2D eigenvalue weighted by molar-refractivity contribution is 7.92. The predicted molar refractivity (Wildman–Crippen MR) is 174 cm³/mol. The zero-order valence-corrected chi connectivity index (χ0v) is 29.4. The summed E-state index contributed by atoms with van der Waals surface area (Å²) >= 11 is 17.6. The van der Waals surface area contributed by atoms with Crippen molar-refractivity contribution in [3.63, 3.8) is 0 Å². The molecular formula is C26H20Cl3F5N6O9S2. The first-order chi connectivity index (χ1) is 23.3. The quantitative estimate of drug-likeness (QED) is 0.112. The van der Waals surface area contributed by atoms with Gasteiger partial charge in [0.2, 0.25) is 20.0 Å². The van der Waals surface area contributed by atoms with Crippen LogP contribution in [0.1, 0.15) is 28.3 Å². The van der Waals surface area contributed by atoms with Gasteiger partial charge in [-0.1, -0.05) is 34.8 Å². The maximum Gasteiger partial charge on any atom is 0.416 e. The number of amides is 1. The van der Waals surface area contributed by atoms with Gasteiger partial charge in [0.25, 0.3) is 11.6 Å². The Labute approximate surface area is 298 Å². The van der Waals surface area contributed by atoms with Crippen LogP contribution < -0.4 is 19.9 Å². The molecule has 2 N–H and O–H groups in total. The summed E-state index contributed by atoms with van der Waals surface area (Å²) in [5.41, 5.74) is -3.61. The number of hydrogen-bond donors (Lipinski definition) is 2. The van der Waals surface area contributed by atoms with Gasteiger partial charge in [0.05, 0.1) is 49.4 Å². The van der Waals surface area contributed by atoms with Gasteiger partial charge < -0.3 is 4.74 Å². The fraction of sp³-hybridized carbons (Fsp3) is 0.192. The van der Waals surface area contributed by atoms with E-state index in [0.29, 0.717) is 23.1 Å². The third-order valence-electron chi connectivity index (χ3n) is 5.91. The van der Waals surface area contributed by atoms with Crippen molar-refractivity contribution in [2.75, 3.05) is 17.2 Å². The Balaban J connectivity index is 0.000000281. The van der Waals surface area contributed by atoms with Crippen LogP contribution in [0, 0.1) is 17.0 Å². The molecule has 0 atom stereocenters. The zero-order chi connectivity index (χ0) is 38.8. The van der Waals surface area contributed by atoms with Gasteiger partial charge in [-0.15, -0.1) is 5.10 Å². The van der Waals surface area contributed by atoms with E-state index in [4.69, 9.17) is 39.5 Å². The van der Waals surface area contributed by atoms with Crippen LogP contribution >= 0.6 is 34.8 Å². The molecule has 3 aromatic carbocycles. The van der Waals surface area contributed by atoms with Crippen LogP contribution in [0.4, 0.5) is 33.3 Å². The number of benzene rings is 3. The van der Waals surface area contributed by atoms with Crippen molar-refractivity contribution in [1.29, 1.82) is 0 Å². The fourth-order valence-corrected chi connectivity index (χ4v) is 5.67. The van der Waals surface area contributed by atoms with Gasteiger partial charge in [0.15, 0.2) is 0 Å². The molecule has 1 aromatic heterocycles. The second-order valence-electron chi connectivity index (χ2n) is 9.93. The van der Waals surface area contributed by atoms with Crippen molar-refractivity contribution >= 4 is 72.1 Å². The maximum atomic E-state index is 12.8. The number of ether oxygens (including phenoxy) is 1. The number of alkyl halides is 5. The highest BCUT2D eigenvalue weighted by Crippen LogP contribution is 2.37. The Kier molecular flexibility index (Phi) is 12.3. The number of nitro groups is 1. The van der Waals surface area contributed by atoms with E-state index in [9.17, 15) is 58.5 Å². The molecule has 0 saturated heterocycles. The van der Waals surface area contributed by atoms with Crippen LogP contribution in [0.25, 0.3) is 5.69 Å². The summed E-state index contributed by atoms with van der Waals surface area (Å²) in [4.78, 5) is 34.2. The van der Waals surface area contributed by atoms with Gasteiger partial charge in [0.1, 0.15) is 22.9 Å². The highest BCUT2D eigenvalue weighted by Gasteiger charge is 2.31. The average molecular weight is 826 g/mol. The molecule has 0 aliphatic rings. The lowest BCUT2D eigenvalue weighted by molar-refractivity contribution is -0.385. The van der Waals surface area contributed by atoms with E-state index in [1.807, 2.05) is 0 Å². The molecule has 1 amide bonds. The first-order valence-corrected chi connectivity index (χ1v) is 18.0. The number of rotatable bonds is 9. The molecule has 0 fully saturated rings. The van der Waals surface area contributed by atoms with Gasteiger partial charge in [-0.25, -0.2) is 30.9 Å². The molecule has 0 unspecified atom stereocenters. The van der Waals surface area contributed by atoms with E-state index in [1.165, 1.54) is 13.0 Å². The van der Waals surface area contributed by atoms with Crippen LogP contribution in [-0.4, -0.2) is 54.5 Å². The molecule has 1 heterocycles. The van der Waals surface area contributed by atoms with Crippen molar-refractivity contribution in [2.45, 2.75) is 19.6 Å². The van der Waals surface area contributed by atoms with Crippen LogP contribution in [-0.2, 0) is 26.2 Å². The Bertz CT molecular complexity index is 2300. The van der Waals surface area contributed by atoms with E-state index in [0.717, 1.165) is 36.6 Å². The number of hydrogen-bond acceptors (Lipinski definition) is 10.